The van der Waals surface area contributed by atoms with Gasteiger partial charge in [-0.3, -0.25) is 4.90 Å². The summed E-state index contributed by atoms with van der Waals surface area (Å²) in [6, 6.07) is 2.00. The fraction of sp³-hybridized carbons (Fsp3) is 1.00. The predicted molar refractivity (Wildman–Crippen MR) is 76.4 cm³/mol. The molecule has 0 aromatic carbocycles. The van der Waals surface area contributed by atoms with Gasteiger partial charge in [-0.05, 0) is 47.0 Å². The molecule has 0 amide bonds. The smallest absolute Gasteiger partial charge is 0.0112 e. The molecular formula is C15H32N2. The van der Waals surface area contributed by atoms with Gasteiger partial charge in [-0.15, -0.1) is 0 Å². The molecule has 0 radical (unpaired) electrons. The Morgan fingerprint density at radius 2 is 1.65 bits per heavy atom. The van der Waals surface area contributed by atoms with Gasteiger partial charge < -0.3 is 5.32 Å². The summed E-state index contributed by atoms with van der Waals surface area (Å²) in [5.41, 5.74) is 0. The van der Waals surface area contributed by atoms with E-state index < -0.39 is 0 Å². The van der Waals surface area contributed by atoms with Gasteiger partial charge in [0.25, 0.3) is 0 Å². The van der Waals surface area contributed by atoms with E-state index in [1.807, 2.05) is 0 Å². The van der Waals surface area contributed by atoms with E-state index in [0.717, 1.165) is 12.5 Å². The fourth-order valence-corrected chi connectivity index (χ4v) is 2.86. The van der Waals surface area contributed by atoms with Crippen molar-refractivity contribution in [3.05, 3.63) is 0 Å². The molecule has 1 aliphatic rings. The van der Waals surface area contributed by atoms with Crippen molar-refractivity contribution in [3.63, 3.8) is 0 Å². The zero-order chi connectivity index (χ0) is 12.8. The molecule has 0 aromatic heterocycles. The summed E-state index contributed by atoms with van der Waals surface area (Å²) >= 11 is 0. The molecule has 2 heteroatoms. The molecule has 1 rings (SSSR count). The minimum atomic E-state index is 0.652. The van der Waals surface area contributed by atoms with Gasteiger partial charge in [0.1, 0.15) is 0 Å². The first-order valence-electron chi connectivity index (χ1n) is 7.49. The van der Waals surface area contributed by atoms with E-state index in [-0.39, 0.29) is 0 Å². The molecule has 1 unspecified atom stereocenters. The highest BCUT2D eigenvalue weighted by Gasteiger charge is 2.20. The molecule has 0 aromatic rings. The Labute approximate surface area is 108 Å². The minimum Gasteiger partial charge on any atom is -0.313 e. The van der Waals surface area contributed by atoms with Crippen LogP contribution in [0.25, 0.3) is 0 Å². The molecule has 102 valence electrons. The van der Waals surface area contributed by atoms with Gasteiger partial charge in [-0.1, -0.05) is 19.3 Å². The zero-order valence-corrected chi connectivity index (χ0v) is 12.5. The van der Waals surface area contributed by atoms with E-state index in [9.17, 15) is 0 Å². The lowest BCUT2D eigenvalue weighted by molar-refractivity contribution is 0.171. The summed E-state index contributed by atoms with van der Waals surface area (Å²) in [5, 5.41) is 3.68. The van der Waals surface area contributed by atoms with E-state index in [1.54, 1.807) is 0 Å². The summed E-state index contributed by atoms with van der Waals surface area (Å²) in [6.45, 7) is 13.8. The average Bonchev–Trinajstić information content (AvgIpc) is 2.17. The van der Waals surface area contributed by atoms with Crippen LogP contribution in [0.4, 0.5) is 0 Å². The second-order valence-corrected chi connectivity index (χ2v) is 6.31. The summed E-state index contributed by atoms with van der Waals surface area (Å²) in [5.74, 6) is 1.02. The highest BCUT2D eigenvalue weighted by atomic mass is 15.2. The summed E-state index contributed by atoms with van der Waals surface area (Å²) in [7, 11) is 0. The molecule has 0 aliphatic heterocycles. The molecule has 0 spiro atoms. The van der Waals surface area contributed by atoms with Gasteiger partial charge in [-0.2, -0.15) is 0 Å². The maximum absolute atomic E-state index is 3.68. The van der Waals surface area contributed by atoms with Crippen LogP contribution in [0.2, 0.25) is 0 Å². The van der Waals surface area contributed by atoms with E-state index in [0.29, 0.717) is 18.1 Å². The van der Waals surface area contributed by atoms with Crippen molar-refractivity contribution in [1.29, 1.82) is 0 Å². The van der Waals surface area contributed by atoms with Crippen molar-refractivity contribution >= 4 is 0 Å². The molecule has 0 saturated heterocycles. The van der Waals surface area contributed by atoms with Crippen LogP contribution in [0.5, 0.6) is 0 Å². The topological polar surface area (TPSA) is 15.3 Å². The van der Waals surface area contributed by atoms with E-state index >= 15 is 0 Å². The standard InChI is InChI=1S/C15H32N2/c1-12(2)17(13(3)4)10-9-16-14(5)11-15-7-6-8-15/h12-16H,6-11H2,1-5H3. The Morgan fingerprint density at radius 3 is 2.06 bits per heavy atom. The molecule has 1 N–H and O–H groups in total. The zero-order valence-electron chi connectivity index (χ0n) is 12.5. The molecule has 17 heavy (non-hydrogen) atoms. The number of rotatable bonds is 8. The van der Waals surface area contributed by atoms with Crippen LogP contribution in [-0.4, -0.2) is 36.1 Å². The molecule has 0 heterocycles. The molecule has 1 aliphatic carbocycles. The van der Waals surface area contributed by atoms with Crippen LogP contribution in [0.15, 0.2) is 0 Å². The second-order valence-electron chi connectivity index (χ2n) is 6.31. The highest BCUT2D eigenvalue weighted by molar-refractivity contribution is 4.76. The lowest BCUT2D eigenvalue weighted by Crippen LogP contribution is -2.43. The Balaban J connectivity index is 2.11. The van der Waals surface area contributed by atoms with Crippen LogP contribution in [0.1, 0.15) is 60.3 Å². The van der Waals surface area contributed by atoms with Gasteiger partial charge in [0.2, 0.25) is 0 Å². The van der Waals surface area contributed by atoms with E-state index in [1.165, 1.54) is 32.2 Å². The van der Waals surface area contributed by atoms with Gasteiger partial charge in [-0.25, -0.2) is 0 Å². The summed E-state index contributed by atoms with van der Waals surface area (Å²) in [4.78, 5) is 2.56. The highest BCUT2D eigenvalue weighted by Crippen LogP contribution is 2.30. The maximum atomic E-state index is 3.68. The van der Waals surface area contributed by atoms with Gasteiger partial charge >= 0.3 is 0 Å². The third-order valence-electron chi connectivity index (χ3n) is 4.10. The van der Waals surface area contributed by atoms with Crippen molar-refractivity contribution in [3.8, 4) is 0 Å². The third-order valence-corrected chi connectivity index (χ3v) is 4.10. The molecule has 1 fully saturated rings. The lowest BCUT2D eigenvalue weighted by Gasteiger charge is -2.32. The molecular weight excluding hydrogens is 208 g/mol. The first kappa shape index (κ1) is 15.0. The Hall–Kier alpha value is -0.0800. The summed E-state index contributed by atoms with van der Waals surface area (Å²) < 4.78 is 0. The third kappa shape index (κ3) is 5.39. The fourth-order valence-electron chi connectivity index (χ4n) is 2.86. The van der Waals surface area contributed by atoms with Crippen molar-refractivity contribution in [2.45, 2.75) is 78.4 Å². The van der Waals surface area contributed by atoms with E-state index in [4.69, 9.17) is 0 Å². The van der Waals surface area contributed by atoms with Crippen LogP contribution in [-0.2, 0) is 0 Å². The number of hydrogen-bond acceptors (Lipinski definition) is 2. The van der Waals surface area contributed by atoms with Crippen molar-refractivity contribution in [2.75, 3.05) is 13.1 Å². The quantitative estimate of drug-likeness (QED) is 0.700. The Kier molecular flexibility index (Phi) is 6.50. The van der Waals surface area contributed by atoms with Gasteiger partial charge in [0.15, 0.2) is 0 Å². The maximum Gasteiger partial charge on any atom is 0.0112 e. The SMILES string of the molecule is CC(CC1CCC1)NCCN(C(C)C)C(C)C. The first-order chi connectivity index (χ1) is 8.00. The van der Waals surface area contributed by atoms with Crippen LogP contribution in [0.3, 0.4) is 0 Å². The minimum absolute atomic E-state index is 0.652. The Morgan fingerprint density at radius 1 is 1.06 bits per heavy atom. The molecule has 1 saturated carbocycles. The lowest BCUT2D eigenvalue weighted by atomic mass is 9.81. The predicted octanol–water partition coefficient (Wildman–Crippen LogP) is 3.27. The largest absolute Gasteiger partial charge is 0.313 e. The second kappa shape index (κ2) is 7.38. The monoisotopic (exact) mass is 240 g/mol. The number of hydrogen-bond donors (Lipinski definition) is 1. The Bertz CT molecular complexity index is 189. The van der Waals surface area contributed by atoms with Crippen molar-refractivity contribution in [2.24, 2.45) is 5.92 Å². The molecule has 2 nitrogen and oxygen atoms in total. The van der Waals surface area contributed by atoms with E-state index in [2.05, 4.69) is 44.8 Å². The van der Waals surface area contributed by atoms with Crippen LogP contribution in [0, 0.1) is 5.92 Å². The number of nitrogens with one attached hydrogen (secondary N) is 1. The summed E-state index contributed by atoms with van der Waals surface area (Å²) in [6.07, 6.45) is 5.78. The van der Waals surface area contributed by atoms with Crippen LogP contribution >= 0.6 is 0 Å². The average molecular weight is 240 g/mol. The number of nitrogens with zero attached hydrogens (tertiary/aromatic N) is 1. The molecule has 0 bridgehead atoms. The van der Waals surface area contributed by atoms with Crippen molar-refractivity contribution < 1.29 is 0 Å². The van der Waals surface area contributed by atoms with Crippen LogP contribution < -0.4 is 5.32 Å². The van der Waals surface area contributed by atoms with Crippen molar-refractivity contribution in [1.82, 2.24) is 10.2 Å². The normalized spacial score (nSPS) is 19.1. The van der Waals surface area contributed by atoms with Gasteiger partial charge in [0.05, 0.1) is 0 Å². The first-order valence-corrected chi connectivity index (χ1v) is 7.49. The van der Waals surface area contributed by atoms with Gasteiger partial charge in [0, 0.05) is 31.2 Å². The molecule has 1 atom stereocenters.